The molecule has 0 unspecified atom stereocenters. The minimum absolute atomic E-state index is 0.0579. The van der Waals surface area contributed by atoms with E-state index in [1.807, 2.05) is 31.3 Å². The van der Waals surface area contributed by atoms with Crippen molar-refractivity contribution >= 4 is 23.2 Å². The number of nitrogens with zero attached hydrogens (tertiary/aromatic N) is 2. The number of furan rings is 1. The molecule has 1 aromatic carbocycles. The zero-order chi connectivity index (χ0) is 18.0. The first-order chi connectivity index (χ1) is 12.0. The van der Waals surface area contributed by atoms with E-state index in [0.29, 0.717) is 5.76 Å². The minimum Gasteiger partial charge on any atom is -0.454 e. The Labute approximate surface area is 147 Å². The number of carbonyl (C=O) groups excluding carboxylic acids is 2. The number of hydrogen-bond acceptors (Lipinski definition) is 4. The highest BCUT2D eigenvalue weighted by Crippen LogP contribution is 2.34. The maximum absolute atomic E-state index is 13.1. The van der Waals surface area contributed by atoms with Crippen molar-refractivity contribution in [1.29, 1.82) is 0 Å². The van der Waals surface area contributed by atoms with Crippen LogP contribution in [0.15, 0.2) is 40.8 Å². The van der Waals surface area contributed by atoms with Gasteiger partial charge in [0, 0.05) is 26.6 Å². The Morgan fingerprint density at radius 1 is 1.20 bits per heavy atom. The Morgan fingerprint density at radius 2 is 1.92 bits per heavy atom. The van der Waals surface area contributed by atoms with E-state index in [9.17, 15) is 9.59 Å². The van der Waals surface area contributed by atoms with Crippen LogP contribution in [-0.2, 0) is 11.3 Å². The van der Waals surface area contributed by atoms with Gasteiger partial charge in [0.15, 0.2) is 5.76 Å². The molecule has 3 rings (SSSR count). The molecule has 1 aromatic heterocycles. The van der Waals surface area contributed by atoms with Crippen LogP contribution in [0.25, 0.3) is 0 Å². The molecule has 0 fully saturated rings. The molecule has 2 heterocycles. The topological polar surface area (TPSA) is 65.8 Å². The van der Waals surface area contributed by atoms with Crippen molar-refractivity contribution in [2.75, 3.05) is 23.4 Å². The van der Waals surface area contributed by atoms with E-state index in [2.05, 4.69) is 17.1 Å². The van der Waals surface area contributed by atoms with E-state index in [1.54, 1.807) is 17.0 Å². The average molecular weight is 341 g/mol. The number of fused-ring (bicyclic) bond motifs is 1. The summed E-state index contributed by atoms with van der Waals surface area (Å²) < 4.78 is 5.66. The van der Waals surface area contributed by atoms with Gasteiger partial charge in [-0.1, -0.05) is 12.1 Å². The van der Waals surface area contributed by atoms with Crippen molar-refractivity contribution in [3.63, 3.8) is 0 Å². The van der Waals surface area contributed by atoms with Crippen LogP contribution in [-0.4, -0.2) is 31.4 Å². The van der Waals surface area contributed by atoms with Crippen LogP contribution in [0.3, 0.4) is 0 Å². The Morgan fingerprint density at radius 3 is 2.64 bits per heavy atom. The fraction of sp³-hybridized carbons (Fsp3) is 0.368. The summed E-state index contributed by atoms with van der Waals surface area (Å²) in [5, 5.41) is 2.67. The molecule has 25 heavy (non-hydrogen) atoms. The van der Waals surface area contributed by atoms with Gasteiger partial charge in [-0.2, -0.15) is 0 Å². The molecule has 1 atom stereocenters. The molecule has 0 bridgehead atoms. The predicted molar refractivity (Wildman–Crippen MR) is 96.8 cm³/mol. The van der Waals surface area contributed by atoms with Gasteiger partial charge in [-0.05, 0) is 37.6 Å². The van der Waals surface area contributed by atoms with Crippen molar-refractivity contribution in [3.05, 3.63) is 47.9 Å². The van der Waals surface area contributed by atoms with Crippen LogP contribution >= 0.6 is 0 Å². The summed E-state index contributed by atoms with van der Waals surface area (Å²) in [5.41, 5.74) is 1.92. The summed E-state index contributed by atoms with van der Waals surface area (Å²) >= 11 is 0. The Hall–Kier alpha value is -2.76. The number of hydrogen-bond donors (Lipinski definition) is 1. The molecule has 1 aliphatic heterocycles. The third kappa shape index (κ3) is 3.52. The first-order valence-corrected chi connectivity index (χ1v) is 8.44. The summed E-state index contributed by atoms with van der Waals surface area (Å²) in [6, 6.07) is 11.4. The monoisotopic (exact) mass is 341 g/mol. The van der Waals surface area contributed by atoms with Crippen LogP contribution in [0, 0.1) is 0 Å². The summed E-state index contributed by atoms with van der Waals surface area (Å²) in [6.45, 7) is 4.65. The van der Waals surface area contributed by atoms with E-state index in [0.717, 1.165) is 24.3 Å². The van der Waals surface area contributed by atoms with Gasteiger partial charge in [0.05, 0.1) is 17.9 Å². The molecule has 2 amide bonds. The molecule has 1 N–H and O–H groups in total. The number of anilines is 2. The molecule has 0 radical (unpaired) electrons. The summed E-state index contributed by atoms with van der Waals surface area (Å²) in [7, 11) is 2.04. The standard InChI is InChI=1S/C19H23N3O3/c1-13-10-11-21(3)16-6-4-5-7-17(16)22(13)19(24)18-9-8-15(25-18)12-20-14(2)23/h4-9,13H,10-12H2,1-3H3,(H,20,23)/t13-/m0/s1. The van der Waals surface area contributed by atoms with Crippen LogP contribution in [0.1, 0.15) is 36.6 Å². The van der Waals surface area contributed by atoms with Crippen LogP contribution < -0.4 is 15.1 Å². The lowest BCUT2D eigenvalue weighted by Gasteiger charge is -2.27. The Bertz CT molecular complexity index is 784. The van der Waals surface area contributed by atoms with Gasteiger partial charge in [-0.25, -0.2) is 0 Å². The maximum Gasteiger partial charge on any atom is 0.294 e. The second-order valence-electron chi connectivity index (χ2n) is 6.40. The van der Waals surface area contributed by atoms with Gasteiger partial charge in [0.2, 0.25) is 5.91 Å². The lowest BCUT2D eigenvalue weighted by atomic mass is 10.1. The van der Waals surface area contributed by atoms with Crippen molar-refractivity contribution in [2.45, 2.75) is 32.9 Å². The molecule has 6 nitrogen and oxygen atoms in total. The first kappa shape index (κ1) is 17.1. The fourth-order valence-electron chi connectivity index (χ4n) is 3.09. The number of carbonyl (C=O) groups is 2. The summed E-state index contributed by atoms with van der Waals surface area (Å²) in [4.78, 5) is 28.1. The van der Waals surface area contributed by atoms with E-state index in [-0.39, 0.29) is 30.2 Å². The zero-order valence-electron chi connectivity index (χ0n) is 14.8. The highest BCUT2D eigenvalue weighted by Gasteiger charge is 2.30. The quantitative estimate of drug-likeness (QED) is 0.932. The van der Waals surface area contributed by atoms with E-state index in [1.165, 1.54) is 6.92 Å². The number of rotatable bonds is 3. The van der Waals surface area contributed by atoms with E-state index >= 15 is 0 Å². The van der Waals surface area contributed by atoms with E-state index in [4.69, 9.17) is 4.42 Å². The molecular formula is C19H23N3O3. The van der Waals surface area contributed by atoms with Crippen molar-refractivity contribution in [2.24, 2.45) is 0 Å². The largest absolute Gasteiger partial charge is 0.454 e. The number of nitrogens with one attached hydrogen (secondary N) is 1. The van der Waals surface area contributed by atoms with Gasteiger partial charge in [0.25, 0.3) is 5.91 Å². The highest BCUT2D eigenvalue weighted by atomic mass is 16.4. The van der Waals surface area contributed by atoms with Crippen LogP contribution in [0.5, 0.6) is 0 Å². The second kappa shape index (κ2) is 7.01. The Balaban J connectivity index is 1.90. The maximum atomic E-state index is 13.1. The number of amides is 2. The fourth-order valence-corrected chi connectivity index (χ4v) is 3.09. The van der Waals surface area contributed by atoms with Crippen molar-refractivity contribution in [1.82, 2.24) is 5.32 Å². The zero-order valence-corrected chi connectivity index (χ0v) is 14.8. The van der Waals surface area contributed by atoms with Crippen LogP contribution in [0.4, 0.5) is 11.4 Å². The van der Waals surface area contributed by atoms with Gasteiger partial charge < -0.3 is 19.5 Å². The summed E-state index contributed by atoms with van der Waals surface area (Å²) in [5.74, 6) is 0.546. The average Bonchev–Trinajstić information content (AvgIpc) is 3.03. The second-order valence-corrected chi connectivity index (χ2v) is 6.40. The third-order valence-electron chi connectivity index (χ3n) is 4.48. The van der Waals surface area contributed by atoms with Crippen LogP contribution in [0.2, 0.25) is 0 Å². The predicted octanol–water partition coefficient (Wildman–Crippen LogP) is 2.79. The Kier molecular flexibility index (Phi) is 4.79. The lowest BCUT2D eigenvalue weighted by molar-refractivity contribution is -0.119. The number of para-hydroxylation sites is 2. The smallest absolute Gasteiger partial charge is 0.294 e. The van der Waals surface area contributed by atoms with Gasteiger partial charge in [-0.3, -0.25) is 9.59 Å². The molecule has 2 aromatic rings. The summed E-state index contributed by atoms with van der Waals surface area (Å²) in [6.07, 6.45) is 0.871. The molecule has 0 saturated carbocycles. The van der Waals surface area contributed by atoms with Crippen molar-refractivity contribution < 1.29 is 14.0 Å². The van der Waals surface area contributed by atoms with Gasteiger partial charge >= 0.3 is 0 Å². The van der Waals surface area contributed by atoms with E-state index < -0.39 is 0 Å². The van der Waals surface area contributed by atoms with Gasteiger partial charge in [0.1, 0.15) is 5.76 Å². The molecule has 0 saturated heterocycles. The molecule has 6 heteroatoms. The molecule has 132 valence electrons. The number of benzene rings is 1. The van der Waals surface area contributed by atoms with Gasteiger partial charge in [-0.15, -0.1) is 0 Å². The third-order valence-corrected chi connectivity index (χ3v) is 4.48. The molecular weight excluding hydrogens is 318 g/mol. The molecule has 1 aliphatic rings. The first-order valence-electron chi connectivity index (χ1n) is 8.44. The highest BCUT2D eigenvalue weighted by molar-refractivity contribution is 6.06. The van der Waals surface area contributed by atoms with Crippen molar-refractivity contribution in [3.8, 4) is 0 Å². The molecule has 0 spiro atoms. The molecule has 0 aliphatic carbocycles. The normalized spacial score (nSPS) is 17.0. The SMILES string of the molecule is CC(=O)NCc1ccc(C(=O)N2c3ccccc3N(C)CC[C@@H]2C)o1. The lowest BCUT2D eigenvalue weighted by Crippen LogP contribution is -2.38. The minimum atomic E-state index is -0.163.